The van der Waals surface area contributed by atoms with E-state index in [9.17, 15) is 4.79 Å². The van der Waals surface area contributed by atoms with Gasteiger partial charge < -0.3 is 10.2 Å². The normalized spacial score (nSPS) is 10.5. The molecule has 144 valence electrons. The lowest BCUT2D eigenvalue weighted by molar-refractivity contribution is 0.0790. The number of hydrogen-bond donors (Lipinski definition) is 1. The monoisotopic (exact) mass is 395 g/mol. The van der Waals surface area contributed by atoms with E-state index in [0.717, 1.165) is 23.4 Å². The average molecular weight is 396 g/mol. The number of carbonyl (C=O) groups is 1. The number of nitrogens with one attached hydrogen (secondary N) is 1. The van der Waals surface area contributed by atoms with E-state index in [4.69, 9.17) is 11.6 Å². The fraction of sp³-hybridized carbons (Fsp3) is 0.238. The molecule has 0 bridgehead atoms. The predicted molar refractivity (Wildman–Crippen MR) is 111 cm³/mol. The van der Waals surface area contributed by atoms with Crippen molar-refractivity contribution in [2.45, 2.75) is 12.8 Å². The van der Waals surface area contributed by atoms with Crippen LogP contribution >= 0.6 is 11.6 Å². The summed E-state index contributed by atoms with van der Waals surface area (Å²) in [6, 6.07) is 13.3. The number of anilines is 1. The van der Waals surface area contributed by atoms with Crippen molar-refractivity contribution in [3.8, 4) is 0 Å². The largest absolute Gasteiger partial charge is 0.370 e. The van der Waals surface area contributed by atoms with Gasteiger partial charge in [-0.3, -0.25) is 9.78 Å². The zero-order valence-electron chi connectivity index (χ0n) is 15.7. The van der Waals surface area contributed by atoms with Crippen LogP contribution in [-0.2, 0) is 12.8 Å². The maximum atomic E-state index is 12.6. The van der Waals surface area contributed by atoms with Gasteiger partial charge >= 0.3 is 0 Å². The number of amides is 1. The van der Waals surface area contributed by atoms with Crippen molar-refractivity contribution in [2.75, 3.05) is 25.5 Å². The Morgan fingerprint density at radius 3 is 2.50 bits per heavy atom. The lowest BCUT2D eigenvalue weighted by Crippen LogP contribution is -2.29. The van der Waals surface area contributed by atoms with E-state index in [1.165, 1.54) is 11.9 Å². The number of halogens is 1. The van der Waals surface area contributed by atoms with Crippen molar-refractivity contribution in [1.82, 2.24) is 19.9 Å². The van der Waals surface area contributed by atoms with Crippen LogP contribution in [-0.4, -0.2) is 45.9 Å². The van der Waals surface area contributed by atoms with Crippen LogP contribution < -0.4 is 5.32 Å². The van der Waals surface area contributed by atoms with Gasteiger partial charge in [-0.15, -0.1) is 0 Å². The van der Waals surface area contributed by atoms with Gasteiger partial charge in [0, 0.05) is 43.6 Å². The molecule has 0 fully saturated rings. The Labute approximate surface area is 169 Å². The van der Waals surface area contributed by atoms with Gasteiger partial charge in [0.15, 0.2) is 0 Å². The summed E-state index contributed by atoms with van der Waals surface area (Å²) < 4.78 is 0. The Morgan fingerprint density at radius 1 is 1.04 bits per heavy atom. The first-order valence-electron chi connectivity index (χ1n) is 9.06. The third-order valence-corrected chi connectivity index (χ3v) is 4.60. The first-order chi connectivity index (χ1) is 13.6. The Hall–Kier alpha value is -2.99. The summed E-state index contributed by atoms with van der Waals surface area (Å²) >= 11 is 5.90. The van der Waals surface area contributed by atoms with Crippen molar-refractivity contribution in [3.05, 3.63) is 83.0 Å². The van der Waals surface area contributed by atoms with E-state index in [2.05, 4.69) is 20.3 Å². The summed E-state index contributed by atoms with van der Waals surface area (Å²) in [4.78, 5) is 26.6. The van der Waals surface area contributed by atoms with Crippen LogP contribution in [0, 0.1) is 0 Å². The molecule has 1 N–H and O–H groups in total. The molecule has 0 saturated carbocycles. The molecule has 0 aliphatic carbocycles. The highest BCUT2D eigenvalue weighted by Gasteiger charge is 2.14. The van der Waals surface area contributed by atoms with Gasteiger partial charge in [0.25, 0.3) is 5.91 Å². The van der Waals surface area contributed by atoms with Gasteiger partial charge in [-0.25, -0.2) is 9.97 Å². The van der Waals surface area contributed by atoms with Crippen molar-refractivity contribution >= 4 is 23.3 Å². The number of pyridine rings is 1. The zero-order valence-corrected chi connectivity index (χ0v) is 16.4. The van der Waals surface area contributed by atoms with Gasteiger partial charge in [-0.05, 0) is 48.2 Å². The highest BCUT2D eigenvalue weighted by atomic mass is 35.5. The standard InChI is InChI=1S/C21H22ClN5O/c1-27(13-9-17-6-10-23-11-7-17)21(28)19-14-20(26-15-25-19)24-12-8-16-2-4-18(22)5-3-16/h2-7,10-11,14-15H,8-9,12-13H2,1H3,(H,24,25,26). The molecule has 0 saturated heterocycles. The number of likely N-dealkylation sites (N-methyl/N-ethyl adjacent to an activating group) is 1. The smallest absolute Gasteiger partial charge is 0.272 e. The van der Waals surface area contributed by atoms with Crippen molar-refractivity contribution in [2.24, 2.45) is 0 Å². The first-order valence-corrected chi connectivity index (χ1v) is 9.44. The average Bonchev–Trinajstić information content (AvgIpc) is 2.74. The lowest BCUT2D eigenvalue weighted by atomic mass is 10.1. The minimum absolute atomic E-state index is 0.128. The van der Waals surface area contributed by atoms with Crippen molar-refractivity contribution < 1.29 is 4.79 Å². The van der Waals surface area contributed by atoms with E-state index in [-0.39, 0.29) is 5.91 Å². The molecule has 0 atom stereocenters. The van der Waals surface area contributed by atoms with Crippen molar-refractivity contribution in [1.29, 1.82) is 0 Å². The molecule has 0 aliphatic heterocycles. The van der Waals surface area contributed by atoms with Gasteiger partial charge in [-0.2, -0.15) is 0 Å². The number of benzene rings is 1. The maximum absolute atomic E-state index is 12.6. The van der Waals surface area contributed by atoms with Gasteiger partial charge in [-0.1, -0.05) is 23.7 Å². The summed E-state index contributed by atoms with van der Waals surface area (Å²) in [5.74, 6) is 0.507. The third-order valence-electron chi connectivity index (χ3n) is 4.35. The number of nitrogens with zero attached hydrogens (tertiary/aromatic N) is 4. The van der Waals surface area contributed by atoms with Crippen LogP contribution in [0.2, 0.25) is 5.02 Å². The van der Waals surface area contributed by atoms with Crippen LogP contribution in [0.4, 0.5) is 5.82 Å². The molecule has 1 amide bonds. The number of hydrogen-bond acceptors (Lipinski definition) is 5. The van der Waals surface area contributed by atoms with E-state index in [1.807, 2.05) is 36.4 Å². The second-order valence-electron chi connectivity index (χ2n) is 6.42. The zero-order chi connectivity index (χ0) is 19.8. The highest BCUT2D eigenvalue weighted by Crippen LogP contribution is 2.11. The van der Waals surface area contributed by atoms with Crippen LogP contribution in [0.25, 0.3) is 0 Å². The highest BCUT2D eigenvalue weighted by molar-refractivity contribution is 6.30. The van der Waals surface area contributed by atoms with Gasteiger partial charge in [0.2, 0.25) is 0 Å². The predicted octanol–water partition coefficient (Wildman–Crippen LogP) is 3.49. The van der Waals surface area contributed by atoms with Crippen LogP contribution in [0.5, 0.6) is 0 Å². The van der Waals surface area contributed by atoms with Crippen LogP contribution in [0.15, 0.2) is 61.2 Å². The molecule has 0 unspecified atom stereocenters. The first kappa shape index (κ1) is 19.8. The minimum Gasteiger partial charge on any atom is -0.370 e. The Bertz CT molecular complexity index is 902. The SMILES string of the molecule is CN(CCc1ccncc1)C(=O)c1cc(NCCc2ccc(Cl)cc2)ncn1. The number of rotatable bonds is 8. The summed E-state index contributed by atoms with van der Waals surface area (Å²) in [6.45, 7) is 1.30. The molecule has 3 aromatic rings. The van der Waals surface area contributed by atoms with E-state index in [0.29, 0.717) is 24.6 Å². The van der Waals surface area contributed by atoms with Crippen LogP contribution in [0.1, 0.15) is 21.6 Å². The summed E-state index contributed by atoms with van der Waals surface area (Å²) in [7, 11) is 1.78. The molecular formula is C21H22ClN5O. The van der Waals surface area contributed by atoms with Gasteiger partial charge in [0.1, 0.15) is 17.8 Å². The molecule has 2 heterocycles. The lowest BCUT2D eigenvalue weighted by Gasteiger charge is -2.17. The molecule has 3 rings (SSSR count). The van der Waals surface area contributed by atoms with Crippen LogP contribution in [0.3, 0.4) is 0 Å². The quantitative estimate of drug-likeness (QED) is 0.632. The molecule has 1 aromatic carbocycles. The summed E-state index contributed by atoms with van der Waals surface area (Å²) in [5.41, 5.74) is 2.70. The Balaban J connectivity index is 1.52. The summed E-state index contributed by atoms with van der Waals surface area (Å²) in [6.07, 6.45) is 6.51. The second-order valence-corrected chi connectivity index (χ2v) is 6.86. The molecule has 2 aromatic heterocycles. The molecule has 0 radical (unpaired) electrons. The van der Waals surface area contributed by atoms with Crippen molar-refractivity contribution in [3.63, 3.8) is 0 Å². The maximum Gasteiger partial charge on any atom is 0.272 e. The number of carbonyl (C=O) groups excluding carboxylic acids is 1. The van der Waals surface area contributed by atoms with E-state index < -0.39 is 0 Å². The minimum atomic E-state index is -0.128. The molecular weight excluding hydrogens is 374 g/mol. The third kappa shape index (κ3) is 5.76. The molecule has 0 spiro atoms. The second kappa shape index (κ2) is 9.80. The van der Waals surface area contributed by atoms with Gasteiger partial charge in [0.05, 0.1) is 0 Å². The number of aromatic nitrogens is 3. The van der Waals surface area contributed by atoms with E-state index >= 15 is 0 Å². The molecule has 28 heavy (non-hydrogen) atoms. The fourth-order valence-corrected chi connectivity index (χ4v) is 2.83. The Morgan fingerprint density at radius 2 is 1.75 bits per heavy atom. The summed E-state index contributed by atoms with van der Waals surface area (Å²) in [5, 5.41) is 3.96. The molecule has 7 heteroatoms. The Kier molecular flexibility index (Phi) is 6.92. The topological polar surface area (TPSA) is 71.0 Å². The fourth-order valence-electron chi connectivity index (χ4n) is 2.70. The molecule has 6 nitrogen and oxygen atoms in total. The molecule has 0 aliphatic rings. The van der Waals surface area contributed by atoms with E-state index in [1.54, 1.807) is 30.4 Å².